The van der Waals surface area contributed by atoms with Crippen LogP contribution in [-0.4, -0.2) is 13.4 Å². The summed E-state index contributed by atoms with van der Waals surface area (Å²) in [5.41, 5.74) is 1.02. The number of rotatable bonds is 3. The highest BCUT2D eigenvalue weighted by Gasteiger charge is 2.18. The number of sulfonamides is 1. The lowest BCUT2D eigenvalue weighted by Crippen LogP contribution is -2.11. The third-order valence-corrected chi connectivity index (χ3v) is 6.26. The first-order valence-electron chi connectivity index (χ1n) is 5.78. The summed E-state index contributed by atoms with van der Waals surface area (Å²) < 4.78 is 28.6. The Hall–Kier alpha value is -1.15. The highest BCUT2D eigenvalue weighted by atomic mass is 79.9. The van der Waals surface area contributed by atoms with Crippen molar-refractivity contribution in [3.05, 3.63) is 51.4 Å². The summed E-state index contributed by atoms with van der Waals surface area (Å²) in [6, 6.07) is 10.2. The van der Waals surface area contributed by atoms with E-state index in [9.17, 15) is 8.42 Å². The number of halogens is 2. The maximum Gasteiger partial charge on any atom is 0.271 e. The van der Waals surface area contributed by atoms with Gasteiger partial charge < -0.3 is 0 Å². The Labute approximate surface area is 139 Å². The molecule has 108 valence electrons. The van der Waals surface area contributed by atoms with E-state index in [0.717, 1.165) is 21.2 Å². The summed E-state index contributed by atoms with van der Waals surface area (Å²) >= 11 is 10.1. The summed E-state index contributed by atoms with van der Waals surface area (Å²) in [5, 5.41) is 0.841. The van der Waals surface area contributed by atoms with Gasteiger partial charge in [-0.2, -0.15) is 0 Å². The molecule has 0 aliphatic rings. The van der Waals surface area contributed by atoms with Gasteiger partial charge >= 0.3 is 0 Å². The quantitative estimate of drug-likeness (QED) is 0.700. The van der Waals surface area contributed by atoms with Gasteiger partial charge in [-0.05, 0) is 40.2 Å². The molecule has 0 atom stereocenters. The summed E-state index contributed by atoms with van der Waals surface area (Å²) in [4.78, 5) is 4.27. The van der Waals surface area contributed by atoms with Gasteiger partial charge in [0, 0.05) is 16.1 Å². The van der Waals surface area contributed by atoms with Crippen LogP contribution in [-0.2, 0) is 10.0 Å². The van der Waals surface area contributed by atoms with E-state index >= 15 is 0 Å². The smallest absolute Gasteiger partial charge is 0.271 e. The number of fused-ring (bicyclic) bond motifs is 1. The van der Waals surface area contributed by atoms with E-state index in [-0.39, 0.29) is 4.21 Å². The van der Waals surface area contributed by atoms with E-state index in [1.807, 2.05) is 12.1 Å². The molecule has 0 aliphatic carbocycles. The Balaban J connectivity index is 2.06. The molecule has 0 radical (unpaired) electrons. The number of thiophene rings is 1. The van der Waals surface area contributed by atoms with Crippen LogP contribution in [0, 0.1) is 0 Å². The van der Waals surface area contributed by atoms with Crippen molar-refractivity contribution in [3.63, 3.8) is 0 Å². The summed E-state index contributed by atoms with van der Waals surface area (Å²) in [6.07, 6.45) is 1.63. The molecule has 0 fully saturated rings. The number of para-hydroxylation sites is 1. The first-order valence-corrected chi connectivity index (χ1v) is 9.25. The first-order chi connectivity index (χ1) is 9.95. The maximum absolute atomic E-state index is 12.3. The van der Waals surface area contributed by atoms with E-state index in [0.29, 0.717) is 15.5 Å². The molecule has 2 heterocycles. The molecular formula is C13H8BrClN2O2S2. The molecule has 0 bridgehead atoms. The molecule has 0 saturated carbocycles. The maximum atomic E-state index is 12.3. The average Bonchev–Trinajstić information content (AvgIpc) is 2.86. The molecule has 0 spiro atoms. The fourth-order valence-electron chi connectivity index (χ4n) is 1.85. The van der Waals surface area contributed by atoms with Crippen molar-refractivity contribution in [2.24, 2.45) is 0 Å². The Bertz CT molecular complexity index is 925. The van der Waals surface area contributed by atoms with Crippen molar-refractivity contribution in [1.82, 2.24) is 4.98 Å². The van der Waals surface area contributed by atoms with Crippen LogP contribution in [0.5, 0.6) is 0 Å². The Morgan fingerprint density at radius 1 is 1.24 bits per heavy atom. The number of anilines is 1. The van der Waals surface area contributed by atoms with E-state index < -0.39 is 10.0 Å². The Kier molecular flexibility index (Phi) is 3.92. The van der Waals surface area contributed by atoms with Gasteiger partial charge in [-0.15, -0.1) is 11.3 Å². The van der Waals surface area contributed by atoms with Gasteiger partial charge in [0.25, 0.3) is 10.0 Å². The second-order valence-electron chi connectivity index (χ2n) is 4.19. The van der Waals surface area contributed by atoms with Gasteiger partial charge in [0.15, 0.2) is 0 Å². The fraction of sp³-hybridized carbons (Fsp3) is 0. The molecule has 0 unspecified atom stereocenters. The lowest BCUT2D eigenvalue weighted by Gasteiger charge is -2.09. The Morgan fingerprint density at radius 3 is 2.76 bits per heavy atom. The topological polar surface area (TPSA) is 59.1 Å². The standard InChI is InChI=1S/C13H8BrClN2O2S2/c14-9-6-8-2-1-3-10(13(8)16-7-9)17-21(18,19)12-5-4-11(15)20-12/h1-7,17H. The fourth-order valence-corrected chi connectivity index (χ4v) is 4.75. The van der Waals surface area contributed by atoms with Crippen molar-refractivity contribution in [2.75, 3.05) is 4.72 Å². The highest BCUT2D eigenvalue weighted by molar-refractivity contribution is 9.10. The van der Waals surface area contributed by atoms with E-state index in [4.69, 9.17) is 11.6 Å². The van der Waals surface area contributed by atoms with Gasteiger partial charge in [0.05, 0.1) is 15.5 Å². The molecule has 0 saturated heterocycles. The van der Waals surface area contributed by atoms with E-state index in [1.54, 1.807) is 24.4 Å². The molecule has 1 aromatic carbocycles. The zero-order valence-corrected chi connectivity index (χ0v) is 14.4. The number of hydrogen-bond donors (Lipinski definition) is 1. The van der Waals surface area contributed by atoms with Crippen LogP contribution >= 0.6 is 38.9 Å². The minimum atomic E-state index is -3.66. The van der Waals surface area contributed by atoms with E-state index in [2.05, 4.69) is 25.6 Å². The monoisotopic (exact) mass is 402 g/mol. The third kappa shape index (κ3) is 3.06. The van der Waals surface area contributed by atoms with Crippen LogP contribution in [0.1, 0.15) is 0 Å². The van der Waals surface area contributed by atoms with Crippen molar-refractivity contribution in [1.29, 1.82) is 0 Å². The van der Waals surface area contributed by atoms with Gasteiger partial charge in [-0.3, -0.25) is 9.71 Å². The summed E-state index contributed by atoms with van der Waals surface area (Å²) in [6.45, 7) is 0. The van der Waals surface area contributed by atoms with E-state index in [1.165, 1.54) is 6.07 Å². The molecule has 2 aromatic heterocycles. The van der Waals surface area contributed by atoms with Gasteiger partial charge in [-0.25, -0.2) is 8.42 Å². The number of nitrogens with one attached hydrogen (secondary N) is 1. The zero-order valence-electron chi connectivity index (χ0n) is 10.4. The molecule has 0 amide bonds. The lowest BCUT2D eigenvalue weighted by atomic mass is 10.2. The average molecular weight is 404 g/mol. The van der Waals surface area contributed by atoms with Crippen molar-refractivity contribution >= 4 is 65.5 Å². The predicted octanol–water partition coefficient (Wildman–Crippen LogP) is 4.51. The second-order valence-corrected chi connectivity index (χ2v) is 8.73. The zero-order chi connectivity index (χ0) is 15.0. The molecule has 0 aliphatic heterocycles. The molecule has 21 heavy (non-hydrogen) atoms. The molecular weight excluding hydrogens is 396 g/mol. The molecule has 4 nitrogen and oxygen atoms in total. The van der Waals surface area contributed by atoms with Crippen molar-refractivity contribution < 1.29 is 8.42 Å². The number of benzene rings is 1. The minimum Gasteiger partial charge on any atom is -0.277 e. The SMILES string of the molecule is O=S(=O)(Nc1cccc2cc(Br)cnc12)c1ccc(Cl)s1. The number of aromatic nitrogens is 1. The normalized spacial score (nSPS) is 11.7. The minimum absolute atomic E-state index is 0.168. The van der Waals surface area contributed by atoms with Crippen LogP contribution in [0.2, 0.25) is 4.34 Å². The van der Waals surface area contributed by atoms with Gasteiger partial charge in [0.2, 0.25) is 0 Å². The molecule has 3 aromatic rings. The largest absolute Gasteiger partial charge is 0.277 e. The number of nitrogens with zero attached hydrogens (tertiary/aromatic N) is 1. The van der Waals surface area contributed by atoms with Crippen LogP contribution in [0.15, 0.2) is 51.3 Å². The predicted molar refractivity (Wildman–Crippen MR) is 89.6 cm³/mol. The van der Waals surface area contributed by atoms with Gasteiger partial charge in [0.1, 0.15) is 4.21 Å². The van der Waals surface area contributed by atoms with Crippen LogP contribution in [0.3, 0.4) is 0 Å². The van der Waals surface area contributed by atoms with Crippen molar-refractivity contribution in [2.45, 2.75) is 4.21 Å². The lowest BCUT2D eigenvalue weighted by molar-refractivity contribution is 0.603. The third-order valence-electron chi connectivity index (χ3n) is 2.74. The summed E-state index contributed by atoms with van der Waals surface area (Å²) in [5.74, 6) is 0. The van der Waals surface area contributed by atoms with Crippen LogP contribution < -0.4 is 4.72 Å². The second kappa shape index (κ2) is 5.57. The highest BCUT2D eigenvalue weighted by Crippen LogP contribution is 2.29. The van der Waals surface area contributed by atoms with Gasteiger partial charge in [-0.1, -0.05) is 23.7 Å². The Morgan fingerprint density at radius 2 is 2.05 bits per heavy atom. The molecule has 1 N–H and O–H groups in total. The first kappa shape index (κ1) is 14.8. The van der Waals surface area contributed by atoms with Crippen LogP contribution in [0.25, 0.3) is 10.9 Å². The van der Waals surface area contributed by atoms with Crippen LogP contribution in [0.4, 0.5) is 5.69 Å². The molecule has 3 rings (SSSR count). The summed E-state index contributed by atoms with van der Waals surface area (Å²) in [7, 11) is -3.66. The number of pyridine rings is 1. The number of hydrogen-bond acceptors (Lipinski definition) is 4. The molecule has 8 heteroatoms. The van der Waals surface area contributed by atoms with Crippen molar-refractivity contribution in [3.8, 4) is 0 Å².